The van der Waals surface area contributed by atoms with Gasteiger partial charge in [-0.15, -0.1) is 11.3 Å². The summed E-state index contributed by atoms with van der Waals surface area (Å²) in [5.41, 5.74) is 3.13. The average molecular weight is 364 g/mol. The first-order valence-electron chi connectivity index (χ1n) is 8.73. The Kier molecular flexibility index (Phi) is 4.42. The zero-order chi connectivity index (χ0) is 18.1. The van der Waals surface area contributed by atoms with Gasteiger partial charge in [0.2, 0.25) is 0 Å². The van der Waals surface area contributed by atoms with Crippen LogP contribution in [0.4, 0.5) is 0 Å². The molecule has 4 rings (SSSR count). The molecule has 1 aromatic carbocycles. The Balaban J connectivity index is 1.88. The van der Waals surface area contributed by atoms with E-state index in [9.17, 15) is 4.79 Å². The van der Waals surface area contributed by atoms with Gasteiger partial charge in [0.15, 0.2) is 0 Å². The summed E-state index contributed by atoms with van der Waals surface area (Å²) in [5.74, 6) is 0. The average Bonchev–Trinajstić information content (AvgIpc) is 3.31. The monoisotopic (exact) mass is 364 g/mol. The molecule has 1 N–H and O–H groups in total. The van der Waals surface area contributed by atoms with Gasteiger partial charge in [0.05, 0.1) is 21.6 Å². The van der Waals surface area contributed by atoms with Crippen LogP contribution in [-0.4, -0.2) is 19.5 Å². The van der Waals surface area contributed by atoms with Crippen LogP contribution in [0.2, 0.25) is 0 Å². The third-order valence-electron chi connectivity index (χ3n) is 4.63. The molecule has 3 aromatic heterocycles. The molecule has 0 aliphatic carbocycles. The molecule has 0 aliphatic rings. The largest absolute Gasteiger partial charge is 0.348 e. The second kappa shape index (κ2) is 6.88. The molecule has 0 saturated heterocycles. The molecule has 5 nitrogen and oxygen atoms in total. The highest BCUT2D eigenvalue weighted by Gasteiger charge is 2.14. The summed E-state index contributed by atoms with van der Waals surface area (Å²) < 4.78 is 1.90. The van der Waals surface area contributed by atoms with Crippen molar-refractivity contribution in [2.75, 3.05) is 0 Å². The third-order valence-corrected chi connectivity index (χ3v) is 5.58. The van der Waals surface area contributed by atoms with E-state index in [-0.39, 0.29) is 5.56 Å². The van der Waals surface area contributed by atoms with E-state index in [2.05, 4.69) is 27.9 Å². The summed E-state index contributed by atoms with van der Waals surface area (Å²) in [7, 11) is 0. The van der Waals surface area contributed by atoms with Gasteiger partial charge in [0.25, 0.3) is 5.56 Å². The topological polar surface area (TPSA) is 63.6 Å². The van der Waals surface area contributed by atoms with Crippen LogP contribution in [0.1, 0.15) is 23.3 Å². The van der Waals surface area contributed by atoms with E-state index in [0.29, 0.717) is 6.54 Å². The molecule has 132 valence electrons. The molecule has 0 spiro atoms. The van der Waals surface area contributed by atoms with Crippen molar-refractivity contribution >= 4 is 22.1 Å². The predicted molar refractivity (Wildman–Crippen MR) is 106 cm³/mol. The highest BCUT2D eigenvalue weighted by Crippen LogP contribution is 2.31. The van der Waals surface area contributed by atoms with Crippen LogP contribution >= 0.6 is 11.3 Å². The zero-order valence-electron chi connectivity index (χ0n) is 14.8. The summed E-state index contributed by atoms with van der Waals surface area (Å²) >= 11 is 1.62. The summed E-state index contributed by atoms with van der Waals surface area (Å²) in [5, 5.41) is 2.77. The minimum absolute atomic E-state index is 0.0699. The van der Waals surface area contributed by atoms with Crippen molar-refractivity contribution in [2.45, 2.75) is 33.2 Å². The molecule has 0 unspecified atom stereocenters. The molecule has 0 saturated carbocycles. The number of aryl methyl sites for hydroxylation is 3. The van der Waals surface area contributed by atoms with Crippen LogP contribution in [0, 0.1) is 6.92 Å². The van der Waals surface area contributed by atoms with Gasteiger partial charge in [0.1, 0.15) is 0 Å². The number of thiazole rings is 1. The molecular weight excluding hydrogens is 344 g/mol. The SMILES string of the molecule is CCc1cc2cccc(-c3cnc(C)s3)c2c(=O)n1CCc1cnc[nH]1. The first kappa shape index (κ1) is 16.7. The predicted octanol–water partition coefficient (Wildman–Crippen LogP) is 3.96. The fourth-order valence-electron chi connectivity index (χ4n) is 3.33. The third kappa shape index (κ3) is 2.97. The van der Waals surface area contributed by atoms with E-state index in [1.54, 1.807) is 17.7 Å². The molecule has 3 heterocycles. The minimum atomic E-state index is 0.0699. The summed E-state index contributed by atoms with van der Waals surface area (Å²) in [6.45, 7) is 4.71. The number of aromatic nitrogens is 4. The normalized spacial score (nSPS) is 11.3. The van der Waals surface area contributed by atoms with Crippen molar-refractivity contribution in [3.63, 3.8) is 0 Å². The molecule has 26 heavy (non-hydrogen) atoms. The van der Waals surface area contributed by atoms with Gasteiger partial charge in [-0.1, -0.05) is 25.1 Å². The van der Waals surface area contributed by atoms with Crippen LogP contribution in [0.3, 0.4) is 0 Å². The van der Waals surface area contributed by atoms with Gasteiger partial charge in [-0.25, -0.2) is 9.97 Å². The number of aromatic amines is 1. The Morgan fingerprint density at radius 1 is 1.27 bits per heavy atom. The lowest BCUT2D eigenvalue weighted by atomic mass is 10.0. The number of nitrogens with one attached hydrogen (secondary N) is 1. The first-order chi connectivity index (χ1) is 12.7. The van der Waals surface area contributed by atoms with E-state index < -0.39 is 0 Å². The molecule has 0 aliphatic heterocycles. The van der Waals surface area contributed by atoms with Crippen LogP contribution in [0.5, 0.6) is 0 Å². The fraction of sp³-hybridized carbons (Fsp3) is 0.250. The minimum Gasteiger partial charge on any atom is -0.348 e. The number of benzene rings is 1. The number of fused-ring (bicyclic) bond motifs is 1. The van der Waals surface area contributed by atoms with Crippen molar-refractivity contribution in [1.82, 2.24) is 19.5 Å². The fourth-order valence-corrected chi connectivity index (χ4v) is 4.14. The maximum atomic E-state index is 13.4. The number of rotatable bonds is 5. The van der Waals surface area contributed by atoms with Crippen molar-refractivity contribution in [3.05, 3.63) is 69.7 Å². The maximum absolute atomic E-state index is 13.4. The van der Waals surface area contributed by atoms with Crippen LogP contribution in [-0.2, 0) is 19.4 Å². The van der Waals surface area contributed by atoms with Gasteiger partial charge in [-0.05, 0) is 24.8 Å². The lowest BCUT2D eigenvalue weighted by molar-refractivity contribution is 0.635. The first-order valence-corrected chi connectivity index (χ1v) is 9.54. The highest BCUT2D eigenvalue weighted by atomic mass is 32.1. The van der Waals surface area contributed by atoms with Crippen LogP contribution in [0.15, 0.2) is 47.8 Å². The summed E-state index contributed by atoms with van der Waals surface area (Å²) in [6.07, 6.45) is 6.90. The van der Waals surface area contributed by atoms with Crippen molar-refractivity contribution < 1.29 is 0 Å². The number of nitrogens with zero attached hydrogens (tertiary/aromatic N) is 3. The quantitative estimate of drug-likeness (QED) is 0.583. The smallest absolute Gasteiger partial charge is 0.259 e. The number of pyridine rings is 1. The van der Waals surface area contributed by atoms with Crippen molar-refractivity contribution in [1.29, 1.82) is 0 Å². The number of hydrogen-bond acceptors (Lipinski definition) is 4. The van der Waals surface area contributed by atoms with Crippen LogP contribution in [0.25, 0.3) is 21.2 Å². The van der Waals surface area contributed by atoms with Gasteiger partial charge in [-0.2, -0.15) is 0 Å². The number of H-pyrrole nitrogens is 1. The molecule has 0 radical (unpaired) electrons. The molecule has 6 heteroatoms. The Labute approximate surface area is 155 Å². The summed E-state index contributed by atoms with van der Waals surface area (Å²) in [6, 6.07) is 8.19. The van der Waals surface area contributed by atoms with E-state index in [0.717, 1.165) is 50.5 Å². The maximum Gasteiger partial charge on any atom is 0.259 e. The second-order valence-electron chi connectivity index (χ2n) is 6.29. The summed E-state index contributed by atoms with van der Waals surface area (Å²) in [4.78, 5) is 25.9. The standard InChI is InChI=1S/C20H20N4OS/c1-3-16-9-14-5-4-6-17(18-11-22-13(2)26-18)19(14)20(25)24(16)8-7-15-10-21-12-23-15/h4-6,9-12H,3,7-8H2,1-2H3,(H,21,23). The molecule has 0 atom stereocenters. The Morgan fingerprint density at radius 3 is 2.85 bits per heavy atom. The molecule has 0 bridgehead atoms. The molecule has 0 amide bonds. The van der Waals surface area contributed by atoms with E-state index in [4.69, 9.17) is 0 Å². The van der Waals surface area contributed by atoms with Gasteiger partial charge in [-0.3, -0.25) is 4.79 Å². The van der Waals surface area contributed by atoms with Gasteiger partial charge >= 0.3 is 0 Å². The van der Waals surface area contributed by atoms with E-state index >= 15 is 0 Å². The zero-order valence-corrected chi connectivity index (χ0v) is 15.6. The lowest BCUT2D eigenvalue weighted by Crippen LogP contribution is -2.25. The molecular formula is C20H20N4OS. The van der Waals surface area contributed by atoms with Crippen molar-refractivity contribution in [3.8, 4) is 10.4 Å². The van der Waals surface area contributed by atoms with E-state index in [1.165, 1.54) is 0 Å². The molecule has 4 aromatic rings. The van der Waals surface area contributed by atoms with Crippen LogP contribution < -0.4 is 5.56 Å². The Morgan fingerprint density at radius 2 is 2.15 bits per heavy atom. The second-order valence-corrected chi connectivity index (χ2v) is 7.52. The van der Waals surface area contributed by atoms with Crippen molar-refractivity contribution in [2.24, 2.45) is 0 Å². The van der Waals surface area contributed by atoms with E-state index in [1.807, 2.05) is 42.1 Å². The molecule has 0 fully saturated rings. The Hall–Kier alpha value is -2.73. The Bertz CT molecular complexity index is 1110. The number of imidazole rings is 1. The highest BCUT2D eigenvalue weighted by molar-refractivity contribution is 7.15. The lowest BCUT2D eigenvalue weighted by Gasteiger charge is -2.14. The van der Waals surface area contributed by atoms with Gasteiger partial charge in [0, 0.05) is 42.3 Å². The van der Waals surface area contributed by atoms with Gasteiger partial charge < -0.3 is 9.55 Å². The number of hydrogen-bond donors (Lipinski definition) is 1.